The topological polar surface area (TPSA) is 127 Å². The number of aromatic carboxylic acids is 1. The van der Waals surface area contributed by atoms with Crippen molar-refractivity contribution in [1.82, 2.24) is 9.88 Å². The summed E-state index contributed by atoms with van der Waals surface area (Å²) in [5, 5.41) is 11.8. The summed E-state index contributed by atoms with van der Waals surface area (Å²) < 4.78 is 53.0. The lowest BCUT2D eigenvalue weighted by Gasteiger charge is -2.28. The van der Waals surface area contributed by atoms with Crippen molar-refractivity contribution < 1.29 is 37.3 Å². The predicted octanol–water partition coefficient (Wildman–Crippen LogP) is 6.55. The molecular weight excluding hydrogens is 565 g/mol. The first-order chi connectivity index (χ1) is 19.2. The highest BCUT2D eigenvalue weighted by molar-refractivity contribution is 6.32. The van der Waals surface area contributed by atoms with E-state index in [9.17, 15) is 27.9 Å². The molecule has 1 heterocycles. The molecule has 1 amide bonds. The van der Waals surface area contributed by atoms with E-state index in [0.29, 0.717) is 42.2 Å². The van der Waals surface area contributed by atoms with Gasteiger partial charge in [0.2, 0.25) is 5.88 Å². The quantitative estimate of drug-likeness (QED) is 0.241. The summed E-state index contributed by atoms with van der Waals surface area (Å²) in [6.07, 6.45) is 0.00156. The molecule has 1 aromatic heterocycles. The Morgan fingerprint density at radius 3 is 2.39 bits per heavy atom. The van der Waals surface area contributed by atoms with Gasteiger partial charge >= 0.3 is 12.1 Å². The van der Waals surface area contributed by atoms with Crippen molar-refractivity contribution in [2.24, 2.45) is 0 Å². The molecule has 3 aromatic rings. The minimum absolute atomic E-state index is 0.0533. The summed E-state index contributed by atoms with van der Waals surface area (Å²) in [6.45, 7) is 4.87. The number of nitrogens with one attached hydrogen (secondary N) is 1. The monoisotopic (exact) mass is 594 g/mol. The van der Waals surface area contributed by atoms with Gasteiger partial charge in [0.25, 0.3) is 0 Å². The highest BCUT2D eigenvalue weighted by Gasteiger charge is 2.26. The average Bonchev–Trinajstić information content (AvgIpc) is 2.89. The Morgan fingerprint density at radius 2 is 1.76 bits per heavy atom. The van der Waals surface area contributed by atoms with Gasteiger partial charge in [-0.05, 0) is 57.9 Å². The SMILES string of the molecule is COc1ccc(N)c(CCCN(Cc2c(Nc3cc(F)c(F)cc3C(=O)O)ccc(F)c2Cl)C(=O)OC(C)(C)C)n1. The Hall–Kier alpha value is -4.19. The number of pyridine rings is 1. The molecule has 0 aliphatic heterocycles. The number of nitrogens with two attached hydrogens (primary N) is 1. The van der Waals surface area contributed by atoms with Crippen LogP contribution in [0, 0.1) is 17.5 Å². The fourth-order valence-corrected chi connectivity index (χ4v) is 4.06. The predicted molar refractivity (Wildman–Crippen MR) is 148 cm³/mol. The summed E-state index contributed by atoms with van der Waals surface area (Å²) in [5.74, 6) is -4.62. The van der Waals surface area contributed by atoms with Crippen molar-refractivity contribution in [2.75, 3.05) is 24.7 Å². The number of carbonyl (C=O) groups is 2. The second-order valence-electron chi connectivity index (χ2n) is 10.0. The number of amides is 1. The zero-order valence-corrected chi connectivity index (χ0v) is 23.6. The number of nitrogen functional groups attached to an aromatic ring is 1. The molecule has 0 atom stereocenters. The third-order valence-corrected chi connectivity index (χ3v) is 6.20. The van der Waals surface area contributed by atoms with E-state index < -0.39 is 40.7 Å². The molecule has 0 aliphatic rings. The Morgan fingerprint density at radius 1 is 1.07 bits per heavy atom. The van der Waals surface area contributed by atoms with Gasteiger partial charge < -0.3 is 30.5 Å². The van der Waals surface area contributed by atoms with Crippen LogP contribution >= 0.6 is 11.6 Å². The van der Waals surface area contributed by atoms with Gasteiger partial charge in [-0.1, -0.05) is 11.6 Å². The zero-order chi connectivity index (χ0) is 30.5. The Kier molecular flexibility index (Phi) is 9.92. The van der Waals surface area contributed by atoms with Gasteiger partial charge in [-0.3, -0.25) is 0 Å². The number of benzene rings is 2. The number of rotatable bonds is 10. The minimum atomic E-state index is -1.53. The number of anilines is 3. The van der Waals surface area contributed by atoms with Crippen molar-refractivity contribution in [3.05, 3.63) is 75.7 Å². The molecule has 0 aliphatic carbocycles. The van der Waals surface area contributed by atoms with Crippen LogP contribution in [0.25, 0.3) is 0 Å². The smallest absolute Gasteiger partial charge is 0.410 e. The summed E-state index contributed by atoms with van der Waals surface area (Å²) in [5.41, 5.74) is 5.42. The maximum atomic E-state index is 14.6. The van der Waals surface area contributed by atoms with E-state index in [0.717, 1.165) is 6.07 Å². The van der Waals surface area contributed by atoms with Gasteiger partial charge in [0, 0.05) is 29.9 Å². The lowest BCUT2D eigenvalue weighted by atomic mass is 10.1. The number of carboxylic acid groups (broad SMARTS) is 1. The maximum Gasteiger partial charge on any atom is 0.410 e. The summed E-state index contributed by atoms with van der Waals surface area (Å²) in [4.78, 5) is 30.5. The zero-order valence-electron chi connectivity index (χ0n) is 22.9. The van der Waals surface area contributed by atoms with Gasteiger partial charge in [-0.2, -0.15) is 0 Å². The van der Waals surface area contributed by atoms with Crippen molar-refractivity contribution in [3.8, 4) is 5.88 Å². The number of ether oxygens (including phenoxy) is 2. The van der Waals surface area contributed by atoms with Gasteiger partial charge in [-0.15, -0.1) is 0 Å². The largest absolute Gasteiger partial charge is 0.481 e. The highest BCUT2D eigenvalue weighted by Crippen LogP contribution is 2.33. The molecule has 4 N–H and O–H groups in total. The summed E-state index contributed by atoms with van der Waals surface area (Å²) in [7, 11) is 1.47. The van der Waals surface area contributed by atoms with Crippen LogP contribution < -0.4 is 15.8 Å². The molecule has 0 unspecified atom stereocenters. The normalized spacial score (nSPS) is 11.2. The molecular formula is C28H30ClF3N4O5. The Bertz CT molecular complexity index is 1450. The molecule has 0 spiro atoms. The van der Waals surface area contributed by atoms with E-state index in [-0.39, 0.29) is 35.1 Å². The van der Waals surface area contributed by atoms with E-state index in [1.165, 1.54) is 18.1 Å². The van der Waals surface area contributed by atoms with Crippen LogP contribution in [0.1, 0.15) is 48.8 Å². The van der Waals surface area contributed by atoms with Crippen molar-refractivity contribution >= 4 is 40.7 Å². The number of carboxylic acids is 1. The molecule has 2 aromatic carbocycles. The van der Waals surface area contributed by atoms with E-state index in [1.807, 2.05) is 0 Å². The lowest BCUT2D eigenvalue weighted by molar-refractivity contribution is 0.0231. The number of nitrogens with zero attached hydrogens (tertiary/aromatic N) is 2. The van der Waals surface area contributed by atoms with Crippen LogP contribution in [0.4, 0.5) is 35.0 Å². The van der Waals surface area contributed by atoms with E-state index in [4.69, 9.17) is 26.8 Å². The molecule has 41 heavy (non-hydrogen) atoms. The first-order valence-electron chi connectivity index (χ1n) is 12.4. The number of aromatic nitrogens is 1. The van der Waals surface area contributed by atoms with Crippen LogP contribution in [0.15, 0.2) is 36.4 Å². The number of hydrogen-bond donors (Lipinski definition) is 3. The van der Waals surface area contributed by atoms with Crippen molar-refractivity contribution in [3.63, 3.8) is 0 Å². The number of halogens is 4. The molecule has 0 saturated heterocycles. The average molecular weight is 595 g/mol. The molecule has 0 bridgehead atoms. The first-order valence-corrected chi connectivity index (χ1v) is 12.8. The number of hydrogen-bond acceptors (Lipinski definition) is 7. The summed E-state index contributed by atoms with van der Waals surface area (Å²) in [6, 6.07) is 6.73. The van der Waals surface area contributed by atoms with E-state index >= 15 is 0 Å². The number of carbonyl (C=O) groups excluding carboxylic acids is 1. The molecule has 0 saturated carbocycles. The number of methoxy groups -OCH3 is 1. The van der Waals surface area contributed by atoms with Gasteiger partial charge in [0.15, 0.2) is 11.6 Å². The third-order valence-electron chi connectivity index (χ3n) is 5.79. The second kappa shape index (κ2) is 13.0. The van der Waals surface area contributed by atoms with Crippen LogP contribution in [-0.2, 0) is 17.7 Å². The van der Waals surface area contributed by atoms with Gasteiger partial charge in [-0.25, -0.2) is 27.7 Å². The molecule has 0 fully saturated rings. The van der Waals surface area contributed by atoms with E-state index in [1.54, 1.807) is 32.9 Å². The maximum absolute atomic E-state index is 14.6. The fraction of sp³-hybridized carbons (Fsp3) is 0.321. The summed E-state index contributed by atoms with van der Waals surface area (Å²) >= 11 is 6.30. The fourth-order valence-electron chi connectivity index (χ4n) is 3.83. The molecule has 3 rings (SSSR count). The molecule has 13 heteroatoms. The van der Waals surface area contributed by atoms with Gasteiger partial charge in [0.1, 0.15) is 11.4 Å². The van der Waals surface area contributed by atoms with Gasteiger partial charge in [0.05, 0.1) is 41.3 Å². The molecule has 0 radical (unpaired) electrons. The standard InChI is InChI=1S/C28H30ClF3N4O5/c1-28(2,3)41-27(39)36(11-5-6-22-20(33)8-10-24(35-22)40-4)14-16-21(9-7-17(30)25(16)29)34-23-13-19(32)18(31)12-15(23)26(37)38/h7-10,12-13,34H,5-6,11,14,33H2,1-4H3,(H,37,38). The molecule has 220 valence electrons. The molecule has 9 nitrogen and oxygen atoms in total. The van der Waals surface area contributed by atoms with Crippen molar-refractivity contribution in [1.29, 1.82) is 0 Å². The van der Waals surface area contributed by atoms with Crippen LogP contribution in [-0.4, -0.2) is 46.3 Å². The van der Waals surface area contributed by atoms with Crippen molar-refractivity contribution in [2.45, 2.75) is 45.8 Å². The lowest BCUT2D eigenvalue weighted by Crippen LogP contribution is -2.37. The number of aryl methyl sites for hydroxylation is 1. The van der Waals surface area contributed by atoms with Crippen LogP contribution in [0.3, 0.4) is 0 Å². The Balaban J connectivity index is 1.95. The third kappa shape index (κ3) is 8.16. The Labute approximate surface area is 240 Å². The van der Waals surface area contributed by atoms with Crippen LogP contribution in [0.2, 0.25) is 5.02 Å². The van der Waals surface area contributed by atoms with E-state index in [2.05, 4.69) is 10.3 Å². The first kappa shape index (κ1) is 31.3. The second-order valence-corrected chi connectivity index (χ2v) is 10.4. The minimum Gasteiger partial charge on any atom is -0.481 e. The van der Waals surface area contributed by atoms with Crippen LogP contribution in [0.5, 0.6) is 5.88 Å². The highest BCUT2D eigenvalue weighted by atomic mass is 35.5.